The minimum absolute atomic E-state index is 0.273. The number of nitrogens with one attached hydrogen (secondary N) is 2. The number of rotatable bonds is 17. The van der Waals surface area contributed by atoms with E-state index in [1.807, 2.05) is 6.92 Å². The van der Waals surface area contributed by atoms with Crippen molar-refractivity contribution >= 4 is 29.5 Å². The molecule has 0 aromatic heterocycles. The zero-order valence-corrected chi connectivity index (χ0v) is 22.1. The van der Waals surface area contributed by atoms with E-state index in [4.69, 9.17) is 0 Å². The molecule has 2 amide bonds. The molecule has 0 bridgehead atoms. The lowest BCUT2D eigenvalue weighted by molar-refractivity contribution is -0.141. The summed E-state index contributed by atoms with van der Waals surface area (Å²) in [6.45, 7) is 11.9. The fourth-order valence-electron chi connectivity index (χ4n) is 3.10. The SMILES string of the molecule is CCCCC(NC(C)=O)C(=O)NC(CSC/C=C(\C)CC/C=C(\C)CCC=C(C)C)C(=O)O. The predicted octanol–water partition coefficient (Wildman–Crippen LogP) is 5.40. The Balaban J connectivity index is 4.51. The van der Waals surface area contributed by atoms with Gasteiger partial charge in [-0.3, -0.25) is 9.59 Å². The summed E-state index contributed by atoms with van der Waals surface area (Å²) in [5, 5.41) is 14.7. The van der Waals surface area contributed by atoms with Crippen molar-refractivity contribution in [3.63, 3.8) is 0 Å². The Labute approximate surface area is 204 Å². The van der Waals surface area contributed by atoms with Crippen molar-refractivity contribution in [2.45, 2.75) is 98.6 Å². The number of amides is 2. The largest absolute Gasteiger partial charge is 0.480 e. The first kappa shape index (κ1) is 31.0. The molecule has 0 heterocycles. The van der Waals surface area contributed by atoms with Gasteiger partial charge in [0.1, 0.15) is 12.1 Å². The number of aliphatic carboxylic acids is 1. The Morgan fingerprint density at radius 1 is 0.879 bits per heavy atom. The van der Waals surface area contributed by atoms with Crippen LogP contribution in [0.3, 0.4) is 0 Å². The second-order valence-corrected chi connectivity index (χ2v) is 9.87. The molecule has 0 aromatic carbocycles. The van der Waals surface area contributed by atoms with Crippen molar-refractivity contribution in [3.05, 3.63) is 34.9 Å². The number of carbonyl (C=O) groups excluding carboxylic acids is 2. The van der Waals surface area contributed by atoms with Crippen molar-refractivity contribution < 1.29 is 19.5 Å². The second-order valence-electron chi connectivity index (χ2n) is 8.79. The molecule has 0 rings (SSSR count). The third-order valence-corrected chi connectivity index (χ3v) is 6.08. The third-order valence-electron chi connectivity index (χ3n) is 5.11. The van der Waals surface area contributed by atoms with E-state index in [0.717, 1.165) is 38.5 Å². The summed E-state index contributed by atoms with van der Waals surface area (Å²) in [5.74, 6) is -0.840. The maximum absolute atomic E-state index is 12.5. The van der Waals surface area contributed by atoms with Crippen LogP contribution in [0.15, 0.2) is 34.9 Å². The first-order chi connectivity index (χ1) is 15.6. The van der Waals surface area contributed by atoms with Crippen LogP contribution in [0.25, 0.3) is 0 Å². The van der Waals surface area contributed by atoms with Gasteiger partial charge in [0, 0.05) is 18.4 Å². The van der Waals surface area contributed by atoms with Crippen molar-refractivity contribution in [2.75, 3.05) is 11.5 Å². The van der Waals surface area contributed by atoms with Crippen LogP contribution in [0.2, 0.25) is 0 Å². The molecule has 0 aliphatic rings. The van der Waals surface area contributed by atoms with E-state index in [-0.39, 0.29) is 11.7 Å². The highest BCUT2D eigenvalue weighted by Gasteiger charge is 2.25. The average molecular weight is 481 g/mol. The molecule has 0 aliphatic carbocycles. The molecule has 0 fully saturated rings. The number of allylic oxidation sites excluding steroid dienone is 5. The molecule has 0 saturated heterocycles. The first-order valence-corrected chi connectivity index (χ1v) is 13.0. The Bertz CT molecular complexity index is 709. The van der Waals surface area contributed by atoms with Crippen LogP contribution in [0, 0.1) is 0 Å². The van der Waals surface area contributed by atoms with Crippen molar-refractivity contribution in [1.82, 2.24) is 10.6 Å². The summed E-state index contributed by atoms with van der Waals surface area (Å²) in [7, 11) is 0. The van der Waals surface area contributed by atoms with Gasteiger partial charge in [-0.2, -0.15) is 11.8 Å². The predicted molar refractivity (Wildman–Crippen MR) is 139 cm³/mol. The number of hydrogen-bond donors (Lipinski definition) is 3. The minimum Gasteiger partial charge on any atom is -0.480 e. The van der Waals surface area contributed by atoms with E-state index >= 15 is 0 Å². The summed E-state index contributed by atoms with van der Waals surface area (Å²) < 4.78 is 0. The fraction of sp³-hybridized carbons (Fsp3) is 0.654. The van der Waals surface area contributed by atoms with Crippen LogP contribution in [0.1, 0.15) is 86.5 Å². The van der Waals surface area contributed by atoms with Crippen LogP contribution in [-0.4, -0.2) is 46.5 Å². The zero-order valence-electron chi connectivity index (χ0n) is 21.3. The maximum Gasteiger partial charge on any atom is 0.327 e. The van der Waals surface area contributed by atoms with E-state index < -0.39 is 24.0 Å². The van der Waals surface area contributed by atoms with Gasteiger partial charge >= 0.3 is 5.97 Å². The van der Waals surface area contributed by atoms with Gasteiger partial charge in [-0.15, -0.1) is 0 Å². The molecule has 0 saturated carbocycles. The van der Waals surface area contributed by atoms with E-state index in [1.54, 1.807) is 0 Å². The first-order valence-electron chi connectivity index (χ1n) is 11.9. The van der Waals surface area contributed by atoms with Crippen molar-refractivity contribution in [3.8, 4) is 0 Å². The fourth-order valence-corrected chi connectivity index (χ4v) is 4.10. The van der Waals surface area contributed by atoms with Crippen molar-refractivity contribution in [1.29, 1.82) is 0 Å². The third kappa shape index (κ3) is 17.2. The smallest absolute Gasteiger partial charge is 0.327 e. The van der Waals surface area contributed by atoms with E-state index in [1.165, 1.54) is 35.4 Å². The number of unbranched alkanes of at least 4 members (excludes halogenated alkanes) is 1. The van der Waals surface area contributed by atoms with Gasteiger partial charge in [0.15, 0.2) is 0 Å². The molecular formula is C26H44N2O4S. The lowest BCUT2D eigenvalue weighted by Gasteiger charge is -2.20. The van der Waals surface area contributed by atoms with Gasteiger partial charge in [0.25, 0.3) is 0 Å². The lowest BCUT2D eigenvalue weighted by Crippen LogP contribution is -2.52. The zero-order chi connectivity index (χ0) is 25.2. The van der Waals surface area contributed by atoms with Gasteiger partial charge < -0.3 is 15.7 Å². The van der Waals surface area contributed by atoms with E-state index in [2.05, 4.69) is 56.6 Å². The lowest BCUT2D eigenvalue weighted by atomic mass is 10.1. The molecule has 6 nitrogen and oxygen atoms in total. The molecule has 3 N–H and O–H groups in total. The molecule has 0 radical (unpaired) electrons. The summed E-state index contributed by atoms with van der Waals surface area (Å²) in [5.41, 5.74) is 4.04. The van der Waals surface area contributed by atoms with Crippen LogP contribution >= 0.6 is 11.8 Å². The monoisotopic (exact) mass is 480 g/mol. The Morgan fingerprint density at radius 3 is 2.03 bits per heavy atom. The standard InChI is InChI=1S/C26H44N2O4S/c1-7-8-15-23(27-22(6)29)25(30)28-24(26(31)32)18-33-17-16-21(5)14-10-13-20(4)12-9-11-19(2)3/h11,13,16,23-24H,7-10,12,14-15,17-18H2,1-6H3,(H,27,29)(H,28,30)(H,31,32)/b20-13+,21-16+. The van der Waals surface area contributed by atoms with E-state index in [9.17, 15) is 19.5 Å². The van der Waals surface area contributed by atoms with Crippen LogP contribution in [0.5, 0.6) is 0 Å². The van der Waals surface area contributed by atoms with E-state index in [0.29, 0.717) is 12.2 Å². The number of carboxylic acid groups (broad SMARTS) is 1. The molecule has 2 atom stereocenters. The second kappa shape index (κ2) is 18.4. The highest BCUT2D eigenvalue weighted by atomic mass is 32.2. The summed E-state index contributed by atoms with van der Waals surface area (Å²) >= 11 is 1.48. The summed E-state index contributed by atoms with van der Waals surface area (Å²) in [4.78, 5) is 35.5. The highest BCUT2D eigenvalue weighted by molar-refractivity contribution is 7.99. The van der Waals surface area contributed by atoms with Crippen LogP contribution < -0.4 is 10.6 Å². The molecular weight excluding hydrogens is 436 g/mol. The molecule has 0 aliphatic heterocycles. The van der Waals surface area contributed by atoms with Gasteiger partial charge in [-0.1, -0.05) is 54.7 Å². The van der Waals surface area contributed by atoms with Gasteiger partial charge in [-0.25, -0.2) is 4.79 Å². The van der Waals surface area contributed by atoms with Gasteiger partial charge in [0.05, 0.1) is 0 Å². The molecule has 0 aromatic rings. The van der Waals surface area contributed by atoms with Crippen LogP contribution in [-0.2, 0) is 14.4 Å². The van der Waals surface area contributed by atoms with Crippen molar-refractivity contribution in [2.24, 2.45) is 0 Å². The molecule has 188 valence electrons. The summed E-state index contributed by atoms with van der Waals surface area (Å²) in [6, 6.07) is -1.68. The average Bonchev–Trinajstić information content (AvgIpc) is 2.72. The van der Waals surface area contributed by atoms with Gasteiger partial charge in [-0.05, 0) is 59.8 Å². The number of thioether (sulfide) groups is 1. The van der Waals surface area contributed by atoms with Crippen LogP contribution in [0.4, 0.5) is 0 Å². The quantitative estimate of drug-likeness (QED) is 0.191. The number of hydrogen-bond acceptors (Lipinski definition) is 4. The maximum atomic E-state index is 12.5. The highest BCUT2D eigenvalue weighted by Crippen LogP contribution is 2.13. The normalized spacial score (nSPS) is 13.8. The van der Waals surface area contributed by atoms with Gasteiger partial charge in [0.2, 0.25) is 11.8 Å². The Hall–Kier alpha value is -2.02. The topological polar surface area (TPSA) is 95.5 Å². The Morgan fingerprint density at radius 2 is 1.48 bits per heavy atom. The molecule has 2 unspecified atom stereocenters. The molecule has 33 heavy (non-hydrogen) atoms. The number of carboxylic acids is 1. The molecule has 7 heteroatoms. The number of carbonyl (C=O) groups is 3. The Kier molecular flexibility index (Phi) is 17.3. The molecule has 0 spiro atoms. The summed E-state index contributed by atoms with van der Waals surface area (Å²) in [6.07, 6.45) is 13.0. The minimum atomic E-state index is -1.07.